The van der Waals surface area contributed by atoms with Gasteiger partial charge in [-0.05, 0) is 19.3 Å². The van der Waals surface area contributed by atoms with Crippen molar-refractivity contribution in [2.24, 2.45) is 0 Å². The van der Waals surface area contributed by atoms with Crippen molar-refractivity contribution in [3.05, 3.63) is 0 Å². The lowest BCUT2D eigenvalue weighted by atomic mass is 10.3. The topological polar surface area (TPSA) is 77.8 Å². The Balaban J connectivity index is 0.000000218. The van der Waals surface area contributed by atoms with Gasteiger partial charge in [0.25, 0.3) is 5.97 Å². The molecule has 1 aliphatic carbocycles. The Morgan fingerprint density at radius 1 is 1.27 bits per heavy atom. The summed E-state index contributed by atoms with van der Waals surface area (Å²) < 4.78 is 0. The highest BCUT2D eigenvalue weighted by Gasteiger charge is 2.21. The number of hydrogen-bond donors (Lipinski definition) is 3. The Kier molecular flexibility index (Phi) is 4.81. The lowest BCUT2D eigenvalue weighted by Crippen LogP contribution is -2.17. The fourth-order valence-corrected chi connectivity index (χ4v) is 0.921. The molecular formula is C7H14O4. The van der Waals surface area contributed by atoms with Crippen LogP contribution in [-0.2, 0) is 4.79 Å². The molecule has 4 heteroatoms. The molecule has 0 saturated heterocycles. The first-order chi connectivity index (χ1) is 5.04. The Morgan fingerprint density at radius 3 is 1.64 bits per heavy atom. The number of carboxylic acid groups (broad SMARTS) is 1. The van der Waals surface area contributed by atoms with Crippen molar-refractivity contribution in [2.75, 3.05) is 0 Å². The molecule has 2 unspecified atom stereocenters. The standard InChI is InChI=1S/C5H10O2.C2H4O2/c6-4-2-1-3-5(4)7;1-2(3)4/h4-7H,1-3H2;1H3,(H,3,4). The highest BCUT2D eigenvalue weighted by atomic mass is 16.4. The first kappa shape index (κ1) is 10.4. The van der Waals surface area contributed by atoms with E-state index in [1.807, 2.05) is 0 Å². The van der Waals surface area contributed by atoms with Crippen LogP contribution in [0.5, 0.6) is 0 Å². The molecule has 1 fully saturated rings. The van der Waals surface area contributed by atoms with Crippen molar-refractivity contribution in [1.82, 2.24) is 0 Å². The summed E-state index contributed by atoms with van der Waals surface area (Å²) in [5.74, 6) is -0.833. The molecule has 1 aliphatic rings. The molecule has 1 rings (SSSR count). The van der Waals surface area contributed by atoms with E-state index in [-0.39, 0.29) is 0 Å². The van der Waals surface area contributed by atoms with Crippen LogP contribution < -0.4 is 0 Å². The lowest BCUT2D eigenvalue weighted by Gasteiger charge is -2.03. The van der Waals surface area contributed by atoms with Gasteiger partial charge in [-0.1, -0.05) is 0 Å². The monoisotopic (exact) mass is 162 g/mol. The molecule has 0 radical (unpaired) electrons. The van der Waals surface area contributed by atoms with Crippen LogP contribution >= 0.6 is 0 Å². The molecule has 0 aromatic carbocycles. The predicted octanol–water partition coefficient (Wildman–Crippen LogP) is -0.0170. The summed E-state index contributed by atoms with van der Waals surface area (Å²) in [6, 6.07) is 0. The highest BCUT2D eigenvalue weighted by Crippen LogP contribution is 2.17. The fourth-order valence-electron chi connectivity index (χ4n) is 0.921. The van der Waals surface area contributed by atoms with E-state index in [1.54, 1.807) is 0 Å². The number of carboxylic acids is 1. The van der Waals surface area contributed by atoms with Gasteiger partial charge in [0.15, 0.2) is 0 Å². The Hall–Kier alpha value is -0.610. The summed E-state index contributed by atoms with van der Waals surface area (Å²) in [5, 5.41) is 24.9. The van der Waals surface area contributed by atoms with E-state index in [0.717, 1.165) is 26.2 Å². The first-order valence-electron chi connectivity index (χ1n) is 3.59. The summed E-state index contributed by atoms with van der Waals surface area (Å²) in [4.78, 5) is 9.00. The van der Waals surface area contributed by atoms with Gasteiger partial charge in [0.1, 0.15) is 0 Å². The third-order valence-electron chi connectivity index (χ3n) is 1.44. The van der Waals surface area contributed by atoms with E-state index in [2.05, 4.69) is 0 Å². The van der Waals surface area contributed by atoms with Crippen LogP contribution in [0.4, 0.5) is 0 Å². The summed E-state index contributed by atoms with van der Waals surface area (Å²) in [6.45, 7) is 1.08. The quantitative estimate of drug-likeness (QED) is 0.468. The Morgan fingerprint density at radius 2 is 1.55 bits per heavy atom. The molecule has 3 N–H and O–H groups in total. The van der Waals surface area contributed by atoms with Gasteiger partial charge in [-0.2, -0.15) is 0 Å². The van der Waals surface area contributed by atoms with Crippen LogP contribution in [-0.4, -0.2) is 33.5 Å². The molecule has 0 heterocycles. The summed E-state index contributed by atoms with van der Waals surface area (Å²) in [6.07, 6.45) is 1.67. The average Bonchev–Trinajstić information content (AvgIpc) is 2.15. The summed E-state index contributed by atoms with van der Waals surface area (Å²) in [7, 11) is 0. The van der Waals surface area contributed by atoms with Crippen molar-refractivity contribution in [3.63, 3.8) is 0 Å². The van der Waals surface area contributed by atoms with Crippen molar-refractivity contribution < 1.29 is 20.1 Å². The number of hydrogen-bond acceptors (Lipinski definition) is 3. The van der Waals surface area contributed by atoms with E-state index in [4.69, 9.17) is 20.1 Å². The molecule has 2 atom stereocenters. The van der Waals surface area contributed by atoms with Crippen LogP contribution in [0.2, 0.25) is 0 Å². The zero-order valence-corrected chi connectivity index (χ0v) is 6.53. The van der Waals surface area contributed by atoms with Gasteiger partial charge in [0, 0.05) is 6.92 Å². The normalized spacial score (nSPS) is 29.0. The molecule has 4 nitrogen and oxygen atoms in total. The molecule has 0 aromatic heterocycles. The maximum atomic E-state index is 9.00. The van der Waals surface area contributed by atoms with Crippen LogP contribution in [0.15, 0.2) is 0 Å². The second kappa shape index (κ2) is 5.09. The summed E-state index contributed by atoms with van der Waals surface area (Å²) >= 11 is 0. The highest BCUT2D eigenvalue weighted by molar-refractivity contribution is 5.62. The zero-order chi connectivity index (χ0) is 8.85. The lowest BCUT2D eigenvalue weighted by molar-refractivity contribution is -0.134. The second-order valence-corrected chi connectivity index (χ2v) is 2.58. The van der Waals surface area contributed by atoms with Gasteiger partial charge in [-0.25, -0.2) is 0 Å². The Bertz CT molecular complexity index is 112. The minimum Gasteiger partial charge on any atom is -0.481 e. The molecule has 0 aliphatic heterocycles. The van der Waals surface area contributed by atoms with Gasteiger partial charge in [-0.3, -0.25) is 4.79 Å². The fraction of sp³-hybridized carbons (Fsp3) is 0.857. The third kappa shape index (κ3) is 5.82. The molecule has 0 bridgehead atoms. The SMILES string of the molecule is CC(=O)O.OC1CCCC1O. The van der Waals surface area contributed by atoms with Crippen molar-refractivity contribution in [1.29, 1.82) is 0 Å². The van der Waals surface area contributed by atoms with Crippen molar-refractivity contribution in [2.45, 2.75) is 38.4 Å². The van der Waals surface area contributed by atoms with Gasteiger partial charge >= 0.3 is 0 Å². The van der Waals surface area contributed by atoms with Crippen LogP contribution in [0, 0.1) is 0 Å². The maximum absolute atomic E-state index is 9.00. The number of carbonyl (C=O) groups is 1. The predicted molar refractivity (Wildman–Crippen MR) is 39.2 cm³/mol. The van der Waals surface area contributed by atoms with Gasteiger partial charge in [-0.15, -0.1) is 0 Å². The average molecular weight is 162 g/mol. The van der Waals surface area contributed by atoms with Gasteiger partial charge in [0.2, 0.25) is 0 Å². The van der Waals surface area contributed by atoms with Crippen molar-refractivity contribution >= 4 is 5.97 Å². The minimum atomic E-state index is -0.833. The molecule has 1 saturated carbocycles. The van der Waals surface area contributed by atoms with E-state index in [0.29, 0.717) is 0 Å². The zero-order valence-electron chi connectivity index (χ0n) is 6.53. The van der Waals surface area contributed by atoms with E-state index >= 15 is 0 Å². The van der Waals surface area contributed by atoms with E-state index in [1.165, 1.54) is 0 Å². The molecule has 0 spiro atoms. The maximum Gasteiger partial charge on any atom is 0.300 e. The minimum absolute atomic E-state index is 0.431. The van der Waals surface area contributed by atoms with E-state index < -0.39 is 18.2 Å². The third-order valence-corrected chi connectivity index (χ3v) is 1.44. The van der Waals surface area contributed by atoms with Crippen molar-refractivity contribution in [3.8, 4) is 0 Å². The molecular weight excluding hydrogens is 148 g/mol. The van der Waals surface area contributed by atoms with Crippen LogP contribution in [0.25, 0.3) is 0 Å². The number of aliphatic hydroxyl groups is 2. The Labute approximate surface area is 65.5 Å². The number of aliphatic carboxylic acids is 1. The van der Waals surface area contributed by atoms with Crippen LogP contribution in [0.3, 0.4) is 0 Å². The number of aliphatic hydroxyl groups excluding tert-OH is 2. The molecule has 11 heavy (non-hydrogen) atoms. The number of rotatable bonds is 0. The largest absolute Gasteiger partial charge is 0.481 e. The van der Waals surface area contributed by atoms with Crippen LogP contribution in [0.1, 0.15) is 26.2 Å². The molecule has 66 valence electrons. The van der Waals surface area contributed by atoms with Gasteiger partial charge in [0.05, 0.1) is 12.2 Å². The molecule has 0 amide bonds. The smallest absolute Gasteiger partial charge is 0.300 e. The first-order valence-corrected chi connectivity index (χ1v) is 3.59. The van der Waals surface area contributed by atoms with E-state index in [9.17, 15) is 0 Å². The summed E-state index contributed by atoms with van der Waals surface area (Å²) in [5.41, 5.74) is 0. The van der Waals surface area contributed by atoms with Gasteiger partial charge < -0.3 is 15.3 Å². The molecule has 0 aromatic rings. The second-order valence-electron chi connectivity index (χ2n) is 2.58.